The number of carbonyl (C=O) groups excluding carboxylic acids is 2. The number of rotatable bonds is 2. The molecule has 1 atom stereocenters. The number of hydrogen-bond acceptors (Lipinski definition) is 4. The Morgan fingerprint density at radius 3 is 3.17 bits per heavy atom. The molecule has 64 valence electrons. The summed E-state index contributed by atoms with van der Waals surface area (Å²) in [5.74, 6) is -0.758. The van der Waals surface area contributed by atoms with Crippen LogP contribution in [0.3, 0.4) is 0 Å². The monoisotopic (exact) mass is 167 g/mol. The number of nitrogens with zero attached hydrogens (tertiary/aromatic N) is 1. The Labute approximate surface area is 69.9 Å². The summed E-state index contributed by atoms with van der Waals surface area (Å²) in [5, 5.41) is 0. The normalized spacial score (nSPS) is 21.4. The summed E-state index contributed by atoms with van der Waals surface area (Å²) < 4.78 is 4.51. The molecule has 0 bridgehead atoms. The predicted octanol–water partition coefficient (Wildman–Crippen LogP) is -0.0147. The minimum atomic E-state index is -0.403. The average molecular weight is 167 g/mol. The third kappa shape index (κ3) is 1.78. The van der Waals surface area contributed by atoms with Crippen molar-refractivity contribution in [2.75, 3.05) is 13.7 Å². The molecule has 12 heavy (non-hydrogen) atoms. The molecule has 0 amide bonds. The first-order valence-corrected chi connectivity index (χ1v) is 3.52. The summed E-state index contributed by atoms with van der Waals surface area (Å²) >= 11 is 0. The van der Waals surface area contributed by atoms with Crippen molar-refractivity contribution in [3.63, 3.8) is 0 Å². The van der Waals surface area contributed by atoms with Crippen molar-refractivity contribution in [1.82, 2.24) is 0 Å². The van der Waals surface area contributed by atoms with Crippen LogP contribution in [0.2, 0.25) is 0 Å². The lowest BCUT2D eigenvalue weighted by atomic mass is 10.0. The summed E-state index contributed by atoms with van der Waals surface area (Å²) in [6, 6.07) is 0. The van der Waals surface area contributed by atoms with Gasteiger partial charge in [0.25, 0.3) is 0 Å². The molecule has 0 N–H and O–H groups in total. The number of methoxy groups -OCH3 is 1. The molecule has 0 saturated heterocycles. The van der Waals surface area contributed by atoms with E-state index in [-0.39, 0.29) is 5.97 Å². The van der Waals surface area contributed by atoms with Gasteiger partial charge in [0, 0.05) is 11.8 Å². The van der Waals surface area contributed by atoms with Gasteiger partial charge in [-0.1, -0.05) is 6.08 Å². The molecule has 0 aromatic carbocycles. The Kier molecular flexibility index (Phi) is 2.74. The van der Waals surface area contributed by atoms with Crippen molar-refractivity contribution in [2.45, 2.75) is 0 Å². The molecular weight excluding hydrogens is 158 g/mol. The number of allylic oxidation sites excluding steroid dienone is 1. The predicted molar refractivity (Wildman–Crippen MR) is 43.0 cm³/mol. The highest BCUT2D eigenvalue weighted by atomic mass is 16.5. The van der Waals surface area contributed by atoms with E-state index < -0.39 is 5.92 Å². The summed E-state index contributed by atoms with van der Waals surface area (Å²) in [4.78, 5) is 25.1. The molecule has 1 unspecified atom stereocenters. The lowest BCUT2D eigenvalue weighted by Gasteiger charge is -2.10. The first kappa shape index (κ1) is 8.64. The lowest BCUT2D eigenvalue weighted by molar-refractivity contribution is -0.143. The molecule has 0 saturated carbocycles. The summed E-state index contributed by atoms with van der Waals surface area (Å²) in [7, 11) is 1.31. The Bertz CT molecular complexity index is 255. The van der Waals surface area contributed by atoms with Crippen LogP contribution < -0.4 is 0 Å². The molecule has 0 spiro atoms. The minimum absolute atomic E-state index is 0.355. The summed E-state index contributed by atoms with van der Waals surface area (Å²) in [6.45, 7) is 0.365. The van der Waals surface area contributed by atoms with Gasteiger partial charge in [0.05, 0.1) is 19.6 Å². The molecule has 1 aliphatic heterocycles. The van der Waals surface area contributed by atoms with Crippen LogP contribution in [0.25, 0.3) is 0 Å². The van der Waals surface area contributed by atoms with E-state index in [1.165, 1.54) is 13.3 Å². The highest BCUT2D eigenvalue weighted by Gasteiger charge is 2.18. The maximum absolute atomic E-state index is 11.0. The van der Waals surface area contributed by atoms with E-state index in [4.69, 9.17) is 0 Å². The molecular formula is C8H9NO3. The van der Waals surface area contributed by atoms with E-state index in [0.717, 1.165) is 0 Å². The molecule has 0 aromatic heterocycles. The SMILES string of the molecule is COC(=O)C1C=C(C=O)C=NC1. The summed E-state index contributed by atoms with van der Waals surface area (Å²) in [5.41, 5.74) is 0.427. The number of aldehydes is 1. The zero-order chi connectivity index (χ0) is 8.97. The molecule has 0 aliphatic carbocycles. The van der Waals surface area contributed by atoms with Crippen molar-refractivity contribution >= 4 is 18.5 Å². The van der Waals surface area contributed by atoms with Gasteiger partial charge in [-0.25, -0.2) is 0 Å². The van der Waals surface area contributed by atoms with Crippen molar-refractivity contribution in [1.29, 1.82) is 0 Å². The minimum Gasteiger partial charge on any atom is -0.469 e. The van der Waals surface area contributed by atoms with Crippen LogP contribution in [0.5, 0.6) is 0 Å². The van der Waals surface area contributed by atoms with E-state index in [9.17, 15) is 9.59 Å². The third-order valence-electron chi connectivity index (χ3n) is 1.58. The highest BCUT2D eigenvalue weighted by molar-refractivity contribution is 6.03. The van der Waals surface area contributed by atoms with Crippen LogP contribution in [0.1, 0.15) is 0 Å². The van der Waals surface area contributed by atoms with Crippen LogP contribution in [-0.4, -0.2) is 32.1 Å². The second-order valence-corrected chi connectivity index (χ2v) is 2.41. The number of ether oxygens (including phenoxy) is 1. The molecule has 0 radical (unpaired) electrons. The van der Waals surface area contributed by atoms with Gasteiger partial charge in [-0.3, -0.25) is 14.6 Å². The number of dihydropyridines is 1. The van der Waals surface area contributed by atoms with Crippen molar-refractivity contribution in [3.8, 4) is 0 Å². The molecule has 0 aromatic rings. The van der Waals surface area contributed by atoms with Crippen LogP contribution in [0, 0.1) is 5.92 Å². The van der Waals surface area contributed by atoms with Gasteiger partial charge in [0.2, 0.25) is 0 Å². The smallest absolute Gasteiger partial charge is 0.314 e. The van der Waals surface area contributed by atoms with Gasteiger partial charge < -0.3 is 4.74 Å². The second-order valence-electron chi connectivity index (χ2n) is 2.41. The van der Waals surface area contributed by atoms with Gasteiger partial charge in [-0.05, 0) is 0 Å². The second kappa shape index (κ2) is 3.80. The van der Waals surface area contributed by atoms with Gasteiger partial charge in [-0.15, -0.1) is 0 Å². The molecule has 1 rings (SSSR count). The van der Waals surface area contributed by atoms with Crippen molar-refractivity contribution in [2.24, 2.45) is 10.9 Å². The zero-order valence-corrected chi connectivity index (χ0v) is 6.69. The quantitative estimate of drug-likeness (QED) is 0.429. The zero-order valence-electron chi connectivity index (χ0n) is 6.69. The molecule has 1 aliphatic rings. The van der Waals surface area contributed by atoms with Gasteiger partial charge >= 0.3 is 5.97 Å². The van der Waals surface area contributed by atoms with Crippen LogP contribution in [-0.2, 0) is 14.3 Å². The Balaban J connectivity index is 2.71. The van der Waals surface area contributed by atoms with Gasteiger partial charge in [-0.2, -0.15) is 0 Å². The van der Waals surface area contributed by atoms with E-state index in [0.29, 0.717) is 18.4 Å². The van der Waals surface area contributed by atoms with E-state index in [1.54, 1.807) is 6.08 Å². The Hall–Kier alpha value is -1.45. The molecule has 0 fully saturated rings. The maximum atomic E-state index is 11.0. The number of esters is 1. The van der Waals surface area contributed by atoms with Crippen LogP contribution in [0.15, 0.2) is 16.6 Å². The fourth-order valence-electron chi connectivity index (χ4n) is 0.963. The standard InChI is InChI=1S/C8H9NO3/c1-12-8(11)7-2-6(5-10)3-9-4-7/h2-3,5,7H,4H2,1H3. The molecule has 1 heterocycles. The Morgan fingerprint density at radius 2 is 2.58 bits per heavy atom. The van der Waals surface area contributed by atoms with E-state index >= 15 is 0 Å². The average Bonchev–Trinajstić information content (AvgIpc) is 2.17. The van der Waals surface area contributed by atoms with E-state index in [2.05, 4.69) is 9.73 Å². The largest absolute Gasteiger partial charge is 0.469 e. The number of carbonyl (C=O) groups is 2. The van der Waals surface area contributed by atoms with Gasteiger partial charge in [0.1, 0.15) is 0 Å². The van der Waals surface area contributed by atoms with E-state index in [1.807, 2.05) is 0 Å². The molecule has 4 nitrogen and oxygen atoms in total. The molecule has 4 heteroatoms. The topological polar surface area (TPSA) is 55.7 Å². The van der Waals surface area contributed by atoms with Crippen molar-refractivity contribution in [3.05, 3.63) is 11.6 Å². The summed E-state index contributed by atoms with van der Waals surface area (Å²) in [6.07, 6.45) is 3.68. The van der Waals surface area contributed by atoms with Crippen LogP contribution in [0.4, 0.5) is 0 Å². The van der Waals surface area contributed by atoms with Gasteiger partial charge in [0.15, 0.2) is 6.29 Å². The number of hydrogen-bond donors (Lipinski definition) is 0. The Morgan fingerprint density at radius 1 is 1.83 bits per heavy atom. The van der Waals surface area contributed by atoms with Crippen LogP contribution >= 0.6 is 0 Å². The first-order valence-electron chi connectivity index (χ1n) is 3.52. The highest BCUT2D eigenvalue weighted by Crippen LogP contribution is 2.08. The third-order valence-corrected chi connectivity index (χ3v) is 1.58. The maximum Gasteiger partial charge on any atom is 0.314 e. The first-order chi connectivity index (χ1) is 5.77. The van der Waals surface area contributed by atoms with Crippen molar-refractivity contribution < 1.29 is 14.3 Å². The fourth-order valence-corrected chi connectivity index (χ4v) is 0.963. The fraction of sp³-hybridized carbons (Fsp3) is 0.375. The lowest BCUT2D eigenvalue weighted by Crippen LogP contribution is -2.20. The number of aliphatic imine (C=N–C) groups is 1.